The summed E-state index contributed by atoms with van der Waals surface area (Å²) in [5, 5.41) is 2.48. The zero-order valence-electron chi connectivity index (χ0n) is 18.0. The average Bonchev–Trinajstić information content (AvgIpc) is 3.24. The maximum absolute atomic E-state index is 13.2. The number of nitrogens with one attached hydrogen (secondary N) is 1. The van der Waals surface area contributed by atoms with Gasteiger partial charge in [0.2, 0.25) is 5.91 Å². The molecule has 0 bridgehead atoms. The number of furan rings is 1. The summed E-state index contributed by atoms with van der Waals surface area (Å²) in [5.41, 5.74) is 0.740. The Morgan fingerprint density at radius 2 is 1.84 bits per heavy atom. The Kier molecular flexibility index (Phi) is 9.05. The van der Waals surface area contributed by atoms with Crippen molar-refractivity contribution in [2.45, 2.75) is 39.9 Å². The minimum absolute atomic E-state index is 0.194. The molecule has 1 N–H and O–H groups in total. The van der Waals surface area contributed by atoms with Gasteiger partial charge in [0.1, 0.15) is 24.7 Å². The fourth-order valence-corrected chi connectivity index (χ4v) is 2.83. The second-order valence-corrected chi connectivity index (χ2v) is 7.14. The van der Waals surface area contributed by atoms with Gasteiger partial charge in [0, 0.05) is 12.6 Å². The highest BCUT2D eigenvalue weighted by molar-refractivity contribution is 5.86. The Hall–Kier alpha value is -3.36. The lowest BCUT2D eigenvalue weighted by Gasteiger charge is -2.30. The first-order valence-electron chi connectivity index (χ1n) is 10.0. The number of halogens is 1. The van der Waals surface area contributed by atoms with Crippen LogP contribution in [-0.2, 0) is 27.4 Å². The normalized spacial score (nSPS) is 10.6. The number of rotatable bonds is 10. The predicted molar refractivity (Wildman–Crippen MR) is 111 cm³/mol. The van der Waals surface area contributed by atoms with E-state index in [1.165, 1.54) is 28.2 Å². The molecule has 0 spiro atoms. The highest BCUT2D eigenvalue weighted by atomic mass is 19.1. The van der Waals surface area contributed by atoms with Gasteiger partial charge in [-0.05, 0) is 50.6 Å². The standard InChI is InChI=1S/C22H28FN3O5/c1-4-30-21(28)12-24-22(29)26(16(2)3)15-20(27)25(14-19-6-5-11-31-19)13-17-7-9-18(23)10-8-17/h5-11,16H,4,12-15H2,1-3H3,(H,24,29). The Bertz CT molecular complexity index is 853. The molecule has 1 heterocycles. The van der Waals surface area contributed by atoms with E-state index < -0.39 is 12.0 Å². The van der Waals surface area contributed by atoms with Crippen LogP contribution in [0, 0.1) is 5.82 Å². The molecule has 0 atom stereocenters. The van der Waals surface area contributed by atoms with Gasteiger partial charge in [-0.2, -0.15) is 0 Å². The second-order valence-electron chi connectivity index (χ2n) is 7.14. The monoisotopic (exact) mass is 433 g/mol. The molecule has 0 saturated heterocycles. The largest absolute Gasteiger partial charge is 0.467 e. The average molecular weight is 433 g/mol. The van der Waals surface area contributed by atoms with E-state index >= 15 is 0 Å². The number of nitrogens with zero attached hydrogens (tertiary/aromatic N) is 2. The molecule has 0 aliphatic carbocycles. The van der Waals surface area contributed by atoms with Gasteiger partial charge in [-0.25, -0.2) is 9.18 Å². The van der Waals surface area contributed by atoms with Crippen LogP contribution in [0.15, 0.2) is 47.1 Å². The Morgan fingerprint density at radius 1 is 1.13 bits per heavy atom. The number of ether oxygens (including phenoxy) is 1. The summed E-state index contributed by atoms with van der Waals surface area (Å²) in [6, 6.07) is 8.49. The smallest absolute Gasteiger partial charge is 0.325 e. The first kappa shape index (κ1) is 23.9. The van der Waals surface area contributed by atoms with Crippen LogP contribution in [0.3, 0.4) is 0 Å². The van der Waals surface area contributed by atoms with Gasteiger partial charge in [0.05, 0.1) is 19.4 Å². The van der Waals surface area contributed by atoms with E-state index in [1.807, 2.05) is 0 Å². The van der Waals surface area contributed by atoms with Crippen LogP contribution in [0.2, 0.25) is 0 Å². The fourth-order valence-electron chi connectivity index (χ4n) is 2.83. The molecule has 168 valence electrons. The SMILES string of the molecule is CCOC(=O)CNC(=O)N(CC(=O)N(Cc1ccc(F)cc1)Cc1ccco1)C(C)C. The molecule has 0 radical (unpaired) electrons. The van der Waals surface area contributed by atoms with Gasteiger partial charge in [-0.1, -0.05) is 12.1 Å². The first-order valence-corrected chi connectivity index (χ1v) is 10.0. The lowest BCUT2D eigenvalue weighted by molar-refractivity contribution is -0.141. The fraction of sp³-hybridized carbons (Fsp3) is 0.409. The van der Waals surface area contributed by atoms with Crippen LogP contribution in [-0.4, -0.2) is 53.4 Å². The molecule has 0 aliphatic rings. The molecular formula is C22H28FN3O5. The molecule has 0 aliphatic heterocycles. The number of hydrogen-bond donors (Lipinski definition) is 1. The molecule has 8 nitrogen and oxygen atoms in total. The Balaban J connectivity index is 2.10. The van der Waals surface area contributed by atoms with E-state index in [2.05, 4.69) is 5.32 Å². The summed E-state index contributed by atoms with van der Waals surface area (Å²) in [6.07, 6.45) is 1.51. The second kappa shape index (κ2) is 11.7. The van der Waals surface area contributed by atoms with E-state index in [0.29, 0.717) is 5.76 Å². The molecule has 1 aromatic heterocycles. The van der Waals surface area contributed by atoms with Gasteiger partial charge < -0.3 is 24.3 Å². The molecule has 1 aromatic carbocycles. The van der Waals surface area contributed by atoms with E-state index in [1.54, 1.807) is 45.0 Å². The van der Waals surface area contributed by atoms with Crippen molar-refractivity contribution in [3.05, 3.63) is 59.8 Å². The van der Waals surface area contributed by atoms with Crippen LogP contribution in [0.1, 0.15) is 32.1 Å². The number of amides is 3. The van der Waals surface area contributed by atoms with Crippen LogP contribution < -0.4 is 5.32 Å². The minimum atomic E-state index is -0.554. The molecular weight excluding hydrogens is 405 g/mol. The first-order chi connectivity index (χ1) is 14.8. The predicted octanol–water partition coefficient (Wildman–Crippen LogP) is 2.93. The number of benzene rings is 1. The quantitative estimate of drug-likeness (QED) is 0.582. The molecule has 0 unspecified atom stereocenters. The van der Waals surface area contributed by atoms with E-state index in [-0.39, 0.29) is 50.6 Å². The molecule has 31 heavy (non-hydrogen) atoms. The number of urea groups is 1. The van der Waals surface area contributed by atoms with Crippen molar-refractivity contribution in [2.75, 3.05) is 19.7 Å². The maximum atomic E-state index is 13.2. The summed E-state index contributed by atoms with van der Waals surface area (Å²) in [4.78, 5) is 40.0. The van der Waals surface area contributed by atoms with Gasteiger partial charge in [0.15, 0.2) is 0 Å². The summed E-state index contributed by atoms with van der Waals surface area (Å²) in [6.45, 7) is 5.36. The molecule has 2 rings (SSSR count). The van der Waals surface area contributed by atoms with Crippen molar-refractivity contribution in [3.8, 4) is 0 Å². The summed E-state index contributed by atoms with van der Waals surface area (Å²) >= 11 is 0. The summed E-state index contributed by atoms with van der Waals surface area (Å²) in [7, 11) is 0. The van der Waals surface area contributed by atoms with Crippen molar-refractivity contribution < 1.29 is 27.9 Å². The molecule has 3 amide bonds. The van der Waals surface area contributed by atoms with E-state index in [0.717, 1.165) is 5.56 Å². The summed E-state index contributed by atoms with van der Waals surface area (Å²) in [5.74, 6) is -0.655. The third-order valence-electron chi connectivity index (χ3n) is 4.45. The lowest BCUT2D eigenvalue weighted by atomic mass is 10.2. The maximum Gasteiger partial charge on any atom is 0.325 e. The third kappa shape index (κ3) is 7.76. The third-order valence-corrected chi connectivity index (χ3v) is 4.45. The number of carbonyl (C=O) groups is 3. The van der Waals surface area contributed by atoms with Crippen molar-refractivity contribution in [3.63, 3.8) is 0 Å². The van der Waals surface area contributed by atoms with Crippen molar-refractivity contribution in [1.29, 1.82) is 0 Å². The summed E-state index contributed by atoms with van der Waals surface area (Å²) < 4.78 is 23.4. The Morgan fingerprint density at radius 3 is 2.42 bits per heavy atom. The van der Waals surface area contributed by atoms with Crippen molar-refractivity contribution >= 4 is 17.9 Å². The molecule has 0 fully saturated rings. The zero-order chi connectivity index (χ0) is 22.8. The van der Waals surface area contributed by atoms with Crippen LogP contribution in [0.25, 0.3) is 0 Å². The van der Waals surface area contributed by atoms with E-state index in [4.69, 9.17) is 9.15 Å². The highest BCUT2D eigenvalue weighted by Crippen LogP contribution is 2.13. The van der Waals surface area contributed by atoms with E-state index in [9.17, 15) is 18.8 Å². The number of carbonyl (C=O) groups excluding carboxylic acids is 3. The Labute approximate surface area is 180 Å². The van der Waals surface area contributed by atoms with Crippen molar-refractivity contribution in [2.24, 2.45) is 0 Å². The van der Waals surface area contributed by atoms with Gasteiger partial charge in [-0.15, -0.1) is 0 Å². The van der Waals surface area contributed by atoms with Crippen LogP contribution in [0.5, 0.6) is 0 Å². The topological polar surface area (TPSA) is 92.1 Å². The van der Waals surface area contributed by atoms with Crippen LogP contribution >= 0.6 is 0 Å². The van der Waals surface area contributed by atoms with Crippen molar-refractivity contribution in [1.82, 2.24) is 15.1 Å². The van der Waals surface area contributed by atoms with Gasteiger partial charge >= 0.3 is 12.0 Å². The highest BCUT2D eigenvalue weighted by Gasteiger charge is 2.24. The number of hydrogen-bond acceptors (Lipinski definition) is 5. The minimum Gasteiger partial charge on any atom is -0.467 e. The molecule has 0 saturated carbocycles. The van der Waals surface area contributed by atoms with Gasteiger partial charge in [-0.3, -0.25) is 9.59 Å². The lowest BCUT2D eigenvalue weighted by Crippen LogP contribution is -2.50. The van der Waals surface area contributed by atoms with Gasteiger partial charge in [0.25, 0.3) is 0 Å². The number of esters is 1. The molecule has 9 heteroatoms. The zero-order valence-corrected chi connectivity index (χ0v) is 18.0. The van der Waals surface area contributed by atoms with Crippen LogP contribution in [0.4, 0.5) is 9.18 Å². The molecule has 2 aromatic rings.